The van der Waals surface area contributed by atoms with Crippen LogP contribution in [0.2, 0.25) is 0 Å². The van der Waals surface area contributed by atoms with Crippen molar-refractivity contribution in [3.63, 3.8) is 0 Å². The monoisotopic (exact) mass is 245 g/mol. The molecule has 0 unspecified atom stereocenters. The molecule has 4 heteroatoms. The van der Waals surface area contributed by atoms with Gasteiger partial charge in [-0.05, 0) is 31.9 Å². The van der Waals surface area contributed by atoms with Gasteiger partial charge >= 0.3 is 0 Å². The summed E-state index contributed by atoms with van der Waals surface area (Å²) in [6.07, 6.45) is 2.59. The number of fused-ring (bicyclic) bond motifs is 1. The number of imidazole rings is 1. The molecule has 18 heavy (non-hydrogen) atoms. The van der Waals surface area contributed by atoms with Crippen LogP contribution in [0.25, 0.3) is 11.0 Å². The normalized spacial score (nSPS) is 23.0. The summed E-state index contributed by atoms with van der Waals surface area (Å²) in [5.41, 5.74) is 2.21. The summed E-state index contributed by atoms with van der Waals surface area (Å²) in [5, 5.41) is 3.50. The van der Waals surface area contributed by atoms with Gasteiger partial charge in [-0.1, -0.05) is 12.1 Å². The third-order valence-electron chi connectivity index (χ3n) is 3.62. The van der Waals surface area contributed by atoms with Crippen molar-refractivity contribution in [2.45, 2.75) is 31.9 Å². The first-order chi connectivity index (χ1) is 8.78. The Morgan fingerprint density at radius 2 is 2.17 bits per heavy atom. The third kappa shape index (κ3) is 1.97. The van der Waals surface area contributed by atoms with Crippen LogP contribution in [0.4, 0.5) is 5.95 Å². The van der Waals surface area contributed by atoms with Crippen molar-refractivity contribution >= 4 is 17.0 Å². The van der Waals surface area contributed by atoms with E-state index >= 15 is 0 Å². The van der Waals surface area contributed by atoms with E-state index < -0.39 is 0 Å². The van der Waals surface area contributed by atoms with Crippen molar-refractivity contribution in [1.29, 1.82) is 0 Å². The maximum Gasteiger partial charge on any atom is 0.203 e. The number of benzene rings is 1. The van der Waals surface area contributed by atoms with Gasteiger partial charge < -0.3 is 14.6 Å². The predicted molar refractivity (Wildman–Crippen MR) is 72.8 cm³/mol. The van der Waals surface area contributed by atoms with E-state index in [9.17, 15) is 0 Å². The molecule has 1 fully saturated rings. The van der Waals surface area contributed by atoms with Crippen molar-refractivity contribution in [2.75, 3.05) is 11.9 Å². The molecule has 0 spiro atoms. The van der Waals surface area contributed by atoms with E-state index in [-0.39, 0.29) is 0 Å². The molecule has 0 atom stereocenters. The first-order valence-corrected chi connectivity index (χ1v) is 6.57. The van der Waals surface area contributed by atoms with Gasteiger partial charge in [0.05, 0.1) is 17.1 Å². The zero-order valence-corrected chi connectivity index (χ0v) is 10.9. The molecule has 1 aliphatic carbocycles. The van der Waals surface area contributed by atoms with Crippen LogP contribution in [0.5, 0.6) is 0 Å². The van der Waals surface area contributed by atoms with Gasteiger partial charge in [-0.2, -0.15) is 0 Å². The van der Waals surface area contributed by atoms with Crippen molar-refractivity contribution in [3.05, 3.63) is 24.3 Å². The third-order valence-corrected chi connectivity index (χ3v) is 3.62. The Labute approximate surface area is 107 Å². The van der Waals surface area contributed by atoms with Gasteiger partial charge in [-0.15, -0.1) is 0 Å². The number of hydrogen-bond donors (Lipinski definition) is 1. The van der Waals surface area contributed by atoms with Gasteiger partial charge in [0.15, 0.2) is 0 Å². The molecule has 1 saturated carbocycles. The molecule has 1 aromatic heterocycles. The second kappa shape index (κ2) is 4.61. The molecule has 0 aliphatic heterocycles. The summed E-state index contributed by atoms with van der Waals surface area (Å²) >= 11 is 0. The number of nitrogens with one attached hydrogen (secondary N) is 1. The van der Waals surface area contributed by atoms with E-state index in [4.69, 9.17) is 4.74 Å². The van der Waals surface area contributed by atoms with Crippen molar-refractivity contribution in [1.82, 2.24) is 9.55 Å². The lowest BCUT2D eigenvalue weighted by atomic mass is 9.89. The molecule has 3 rings (SSSR count). The first-order valence-electron chi connectivity index (χ1n) is 6.57. The number of anilines is 1. The molecule has 96 valence electrons. The summed E-state index contributed by atoms with van der Waals surface area (Å²) in [6, 6.07) is 8.70. The highest BCUT2D eigenvalue weighted by atomic mass is 16.5. The number of nitrogens with zero attached hydrogens (tertiary/aromatic N) is 2. The highest BCUT2D eigenvalue weighted by Crippen LogP contribution is 2.27. The molecule has 4 nitrogen and oxygen atoms in total. The van der Waals surface area contributed by atoms with Gasteiger partial charge in [-0.25, -0.2) is 4.98 Å². The van der Waals surface area contributed by atoms with Crippen LogP contribution in [0.1, 0.15) is 19.8 Å². The lowest BCUT2D eigenvalue weighted by Crippen LogP contribution is -2.41. The second-order valence-corrected chi connectivity index (χ2v) is 4.87. The van der Waals surface area contributed by atoms with Gasteiger partial charge in [0.1, 0.15) is 0 Å². The molecule has 1 aromatic carbocycles. The van der Waals surface area contributed by atoms with E-state index in [2.05, 4.69) is 28.0 Å². The van der Waals surface area contributed by atoms with Crippen LogP contribution >= 0.6 is 0 Å². The van der Waals surface area contributed by atoms with Gasteiger partial charge in [0.2, 0.25) is 5.95 Å². The van der Waals surface area contributed by atoms with Gasteiger partial charge in [-0.3, -0.25) is 0 Å². The topological polar surface area (TPSA) is 39.1 Å². The van der Waals surface area contributed by atoms with Crippen LogP contribution in [0.3, 0.4) is 0 Å². The zero-order valence-electron chi connectivity index (χ0n) is 10.9. The van der Waals surface area contributed by atoms with E-state index in [0.29, 0.717) is 12.1 Å². The highest BCUT2D eigenvalue weighted by molar-refractivity contribution is 5.78. The molecule has 1 heterocycles. The minimum absolute atomic E-state index is 0.433. The van der Waals surface area contributed by atoms with Crippen molar-refractivity contribution in [2.24, 2.45) is 7.05 Å². The molecular formula is C14H19N3O. The number of aryl methyl sites for hydroxylation is 1. The predicted octanol–water partition coefficient (Wildman–Crippen LogP) is 2.55. The fourth-order valence-corrected chi connectivity index (χ4v) is 2.51. The molecule has 0 radical (unpaired) electrons. The fourth-order valence-electron chi connectivity index (χ4n) is 2.51. The average molecular weight is 245 g/mol. The largest absolute Gasteiger partial charge is 0.378 e. The number of aromatic nitrogens is 2. The number of para-hydroxylation sites is 2. The average Bonchev–Trinajstić information content (AvgIpc) is 2.65. The Balaban J connectivity index is 1.70. The summed E-state index contributed by atoms with van der Waals surface area (Å²) in [4.78, 5) is 4.62. The molecule has 0 amide bonds. The first kappa shape index (κ1) is 11.5. The van der Waals surface area contributed by atoms with Crippen molar-refractivity contribution < 1.29 is 4.74 Å². The van der Waals surface area contributed by atoms with Crippen LogP contribution in [-0.2, 0) is 11.8 Å². The number of hydrogen-bond acceptors (Lipinski definition) is 3. The summed E-state index contributed by atoms with van der Waals surface area (Å²) < 4.78 is 7.68. The van der Waals surface area contributed by atoms with Gasteiger partial charge in [0.25, 0.3) is 0 Å². The maximum absolute atomic E-state index is 5.57. The summed E-state index contributed by atoms with van der Waals surface area (Å²) in [6.45, 7) is 2.86. The fraction of sp³-hybridized carbons (Fsp3) is 0.500. The molecule has 0 saturated heterocycles. The Bertz CT molecular complexity index is 543. The lowest BCUT2D eigenvalue weighted by molar-refractivity contribution is 0.00281. The Morgan fingerprint density at radius 3 is 2.89 bits per heavy atom. The van der Waals surface area contributed by atoms with Crippen LogP contribution in [0, 0.1) is 0 Å². The smallest absolute Gasteiger partial charge is 0.203 e. The number of ether oxygens (including phenoxy) is 1. The lowest BCUT2D eigenvalue weighted by Gasteiger charge is -2.35. The molecule has 1 aliphatic rings. The zero-order chi connectivity index (χ0) is 12.5. The Kier molecular flexibility index (Phi) is 2.96. The van der Waals surface area contributed by atoms with E-state index in [1.807, 2.05) is 25.1 Å². The van der Waals surface area contributed by atoms with Crippen LogP contribution in [0.15, 0.2) is 24.3 Å². The van der Waals surface area contributed by atoms with Crippen LogP contribution in [-0.4, -0.2) is 28.3 Å². The van der Waals surface area contributed by atoms with E-state index in [0.717, 1.165) is 30.9 Å². The quantitative estimate of drug-likeness (QED) is 0.899. The SMILES string of the molecule is CCOC1CC(Nc2nc3ccccc3n2C)C1. The van der Waals surface area contributed by atoms with Gasteiger partial charge in [0, 0.05) is 19.7 Å². The van der Waals surface area contributed by atoms with E-state index in [1.165, 1.54) is 5.52 Å². The summed E-state index contributed by atoms with van der Waals surface area (Å²) in [7, 11) is 2.05. The maximum atomic E-state index is 5.57. The minimum atomic E-state index is 0.433. The second-order valence-electron chi connectivity index (χ2n) is 4.87. The van der Waals surface area contributed by atoms with Crippen LogP contribution < -0.4 is 5.32 Å². The van der Waals surface area contributed by atoms with E-state index in [1.54, 1.807) is 0 Å². The Hall–Kier alpha value is -1.55. The standard InChI is InChI=1S/C14H19N3O/c1-3-18-11-8-10(9-11)15-14-16-12-6-4-5-7-13(12)17(14)2/h4-7,10-11H,3,8-9H2,1-2H3,(H,15,16). The molecule has 0 bridgehead atoms. The Morgan fingerprint density at radius 1 is 1.39 bits per heavy atom. The highest BCUT2D eigenvalue weighted by Gasteiger charge is 2.30. The molecular weight excluding hydrogens is 226 g/mol. The molecule has 2 aromatic rings. The molecule has 1 N–H and O–H groups in total. The minimum Gasteiger partial charge on any atom is -0.378 e. The number of rotatable bonds is 4. The summed E-state index contributed by atoms with van der Waals surface area (Å²) in [5.74, 6) is 0.955. The van der Waals surface area contributed by atoms with Crippen molar-refractivity contribution in [3.8, 4) is 0 Å².